The van der Waals surface area contributed by atoms with E-state index in [2.05, 4.69) is 15.0 Å². The Kier molecular flexibility index (Phi) is 6.41. The van der Waals surface area contributed by atoms with E-state index in [4.69, 9.17) is 11.6 Å². The van der Waals surface area contributed by atoms with Crippen LogP contribution in [0.3, 0.4) is 0 Å². The fraction of sp³-hybridized carbons (Fsp3) is 0.333. The number of hydrogen-bond acceptors (Lipinski definition) is 4. The number of hydrogen-bond donors (Lipinski definition) is 3. The Morgan fingerprint density at radius 1 is 1.22 bits per heavy atom. The van der Waals surface area contributed by atoms with E-state index in [1.165, 1.54) is 36.5 Å². The molecule has 1 amide bonds. The number of halogens is 2. The van der Waals surface area contributed by atoms with Crippen molar-refractivity contribution in [2.45, 2.75) is 37.0 Å². The van der Waals surface area contributed by atoms with Gasteiger partial charge in [0, 0.05) is 17.4 Å². The lowest BCUT2D eigenvalue weighted by atomic mass is 9.97. The number of aromatic nitrogens is 1. The van der Waals surface area contributed by atoms with Crippen LogP contribution in [0.25, 0.3) is 0 Å². The summed E-state index contributed by atoms with van der Waals surface area (Å²) in [7, 11) is -1.35. The van der Waals surface area contributed by atoms with Crippen molar-refractivity contribution >= 4 is 40.0 Å². The van der Waals surface area contributed by atoms with Crippen molar-refractivity contribution in [1.82, 2.24) is 4.98 Å². The molecule has 1 heterocycles. The Morgan fingerprint density at radius 3 is 2.67 bits per heavy atom. The zero-order valence-electron chi connectivity index (χ0n) is 14.3. The number of nitrogens with one attached hydrogen (secondary N) is 2. The third-order valence-electron chi connectivity index (χ3n) is 4.35. The first-order valence-electron chi connectivity index (χ1n) is 8.50. The molecule has 1 atom stereocenters. The summed E-state index contributed by atoms with van der Waals surface area (Å²) >= 11 is 5.71. The molecule has 0 saturated heterocycles. The van der Waals surface area contributed by atoms with Crippen molar-refractivity contribution in [2.75, 3.05) is 10.0 Å². The second-order valence-corrected chi connectivity index (χ2v) is 8.22. The van der Waals surface area contributed by atoms with Gasteiger partial charge in [-0.25, -0.2) is 13.6 Å². The van der Waals surface area contributed by atoms with Gasteiger partial charge in [-0.05, 0) is 56.0 Å². The average molecular weight is 412 g/mol. The number of anilines is 2. The molecule has 144 valence electrons. The second-order valence-electron chi connectivity index (χ2n) is 6.34. The molecule has 3 N–H and O–H groups in total. The lowest BCUT2D eigenvalue weighted by Crippen LogP contribution is -2.29. The summed E-state index contributed by atoms with van der Waals surface area (Å²) in [4.78, 5) is 16.5. The monoisotopic (exact) mass is 411 g/mol. The number of pyridine rings is 1. The van der Waals surface area contributed by atoms with E-state index in [1.807, 2.05) is 0 Å². The molecular weight excluding hydrogens is 393 g/mol. The minimum atomic E-state index is -1.35. The maximum atomic E-state index is 13.2. The lowest BCUT2D eigenvalue weighted by molar-refractivity contribution is 0.102. The van der Waals surface area contributed by atoms with Gasteiger partial charge >= 0.3 is 0 Å². The highest BCUT2D eigenvalue weighted by Crippen LogP contribution is 2.24. The molecule has 0 spiro atoms. The summed E-state index contributed by atoms with van der Waals surface area (Å²) in [6.07, 6.45) is 3.74. The number of benzene rings is 1. The van der Waals surface area contributed by atoms with Crippen molar-refractivity contribution in [2.24, 2.45) is 0 Å². The van der Waals surface area contributed by atoms with E-state index in [9.17, 15) is 18.5 Å². The molecule has 1 aliphatic carbocycles. The van der Waals surface area contributed by atoms with Gasteiger partial charge in [-0.2, -0.15) is 0 Å². The van der Waals surface area contributed by atoms with Crippen LogP contribution in [0, 0.1) is 5.82 Å². The smallest absolute Gasteiger partial charge is 0.255 e. The first-order valence-corrected chi connectivity index (χ1v) is 10.1. The first kappa shape index (κ1) is 19.7. The minimum Gasteiger partial charge on any atom is -0.393 e. The van der Waals surface area contributed by atoms with Crippen LogP contribution >= 0.6 is 11.6 Å². The van der Waals surface area contributed by atoms with Gasteiger partial charge in [-0.3, -0.25) is 9.52 Å². The number of aliphatic hydroxyl groups is 1. The molecule has 1 aromatic carbocycles. The summed E-state index contributed by atoms with van der Waals surface area (Å²) in [6.45, 7) is 0. The van der Waals surface area contributed by atoms with Gasteiger partial charge in [0.2, 0.25) is 0 Å². The van der Waals surface area contributed by atoms with Crippen LogP contribution in [-0.2, 0) is 11.0 Å². The number of carbonyl (C=O) groups excluding carboxylic acids is 1. The Labute approximate surface area is 163 Å². The molecule has 1 saturated carbocycles. The maximum absolute atomic E-state index is 13.2. The third kappa shape index (κ3) is 5.24. The Morgan fingerprint density at radius 2 is 1.96 bits per heavy atom. The van der Waals surface area contributed by atoms with Gasteiger partial charge < -0.3 is 10.4 Å². The second kappa shape index (κ2) is 8.77. The van der Waals surface area contributed by atoms with Gasteiger partial charge in [0.15, 0.2) is 0 Å². The van der Waals surface area contributed by atoms with Gasteiger partial charge in [0.05, 0.1) is 16.4 Å². The number of rotatable bonds is 5. The van der Waals surface area contributed by atoms with Gasteiger partial charge in [0.1, 0.15) is 22.6 Å². The van der Waals surface area contributed by atoms with E-state index >= 15 is 0 Å². The van der Waals surface area contributed by atoms with Crippen LogP contribution in [0.15, 0.2) is 36.5 Å². The standard InChI is InChI=1S/C18H19ClFN3O3S/c19-15-10-12(1-6-16(15)20)22-18(25)11-7-8-21-17(9-11)23-27(26)14-4-2-13(24)3-5-14/h1,6-10,13-14,24H,2-5H2,(H,21,23)(H,22,25). The summed E-state index contributed by atoms with van der Waals surface area (Å²) in [5.41, 5.74) is 0.672. The van der Waals surface area contributed by atoms with Crippen LogP contribution in [0.5, 0.6) is 0 Å². The molecular formula is C18H19ClFN3O3S. The summed E-state index contributed by atoms with van der Waals surface area (Å²) in [6, 6.07) is 6.91. The molecule has 1 fully saturated rings. The van der Waals surface area contributed by atoms with Crippen molar-refractivity contribution in [3.8, 4) is 0 Å². The fourth-order valence-corrected chi connectivity index (χ4v) is 4.22. The number of carbonyl (C=O) groups is 1. The van der Waals surface area contributed by atoms with Crippen molar-refractivity contribution in [1.29, 1.82) is 0 Å². The van der Waals surface area contributed by atoms with Crippen molar-refractivity contribution in [3.05, 3.63) is 52.9 Å². The van der Waals surface area contributed by atoms with Gasteiger partial charge in [-0.15, -0.1) is 0 Å². The lowest BCUT2D eigenvalue weighted by Gasteiger charge is -2.24. The zero-order chi connectivity index (χ0) is 19.4. The largest absolute Gasteiger partial charge is 0.393 e. The third-order valence-corrected chi connectivity index (χ3v) is 6.13. The molecule has 9 heteroatoms. The first-order chi connectivity index (χ1) is 12.9. The van der Waals surface area contributed by atoms with E-state index in [-0.39, 0.29) is 16.4 Å². The highest BCUT2D eigenvalue weighted by Gasteiger charge is 2.24. The topological polar surface area (TPSA) is 91.3 Å². The normalized spacial score (nSPS) is 20.7. The maximum Gasteiger partial charge on any atom is 0.255 e. The number of aliphatic hydroxyl groups excluding tert-OH is 1. The van der Waals surface area contributed by atoms with E-state index in [0.717, 1.165) is 0 Å². The van der Waals surface area contributed by atoms with Crippen LogP contribution in [0.2, 0.25) is 5.02 Å². The Bertz CT molecular complexity index is 859. The average Bonchev–Trinajstić information content (AvgIpc) is 2.65. The van der Waals surface area contributed by atoms with Crippen LogP contribution in [0.4, 0.5) is 15.9 Å². The number of nitrogens with zero attached hydrogens (tertiary/aromatic N) is 1. The van der Waals surface area contributed by atoms with Gasteiger partial charge in [-0.1, -0.05) is 11.6 Å². The molecule has 0 bridgehead atoms. The molecule has 0 radical (unpaired) electrons. The molecule has 0 aliphatic heterocycles. The highest BCUT2D eigenvalue weighted by molar-refractivity contribution is 7.87. The fourth-order valence-electron chi connectivity index (χ4n) is 2.85. The SMILES string of the molecule is O=C(Nc1ccc(F)c(Cl)c1)c1ccnc(NS(=O)C2CCC(O)CC2)c1. The van der Waals surface area contributed by atoms with Crippen LogP contribution < -0.4 is 10.0 Å². The van der Waals surface area contributed by atoms with E-state index in [0.29, 0.717) is 42.8 Å². The molecule has 3 rings (SSSR count). The van der Waals surface area contributed by atoms with E-state index in [1.54, 1.807) is 0 Å². The number of amides is 1. The Balaban J connectivity index is 1.64. The van der Waals surface area contributed by atoms with E-state index < -0.39 is 22.7 Å². The predicted molar refractivity (Wildman–Crippen MR) is 104 cm³/mol. The van der Waals surface area contributed by atoms with Crippen molar-refractivity contribution in [3.63, 3.8) is 0 Å². The van der Waals surface area contributed by atoms with Gasteiger partial charge in [0.25, 0.3) is 5.91 Å². The minimum absolute atomic E-state index is 0.0611. The molecule has 2 aromatic rings. The highest BCUT2D eigenvalue weighted by atomic mass is 35.5. The quantitative estimate of drug-likeness (QED) is 0.702. The predicted octanol–water partition coefficient (Wildman–Crippen LogP) is 3.51. The molecule has 1 aromatic heterocycles. The molecule has 6 nitrogen and oxygen atoms in total. The van der Waals surface area contributed by atoms with Crippen LogP contribution in [-0.4, -0.2) is 31.6 Å². The summed E-state index contributed by atoms with van der Waals surface area (Å²) in [5, 5.41) is 12.0. The molecule has 27 heavy (non-hydrogen) atoms. The Hall–Kier alpha value is -2.03. The summed E-state index contributed by atoms with van der Waals surface area (Å²) < 4.78 is 28.5. The summed E-state index contributed by atoms with van der Waals surface area (Å²) in [5.74, 6) is -0.665. The molecule has 1 unspecified atom stereocenters. The van der Waals surface area contributed by atoms with Crippen LogP contribution in [0.1, 0.15) is 36.0 Å². The van der Waals surface area contributed by atoms with Crippen molar-refractivity contribution < 1.29 is 18.5 Å². The zero-order valence-corrected chi connectivity index (χ0v) is 15.9. The molecule has 1 aliphatic rings.